The summed E-state index contributed by atoms with van der Waals surface area (Å²) in [5, 5.41) is 0. The Labute approximate surface area is 141 Å². The second-order valence-corrected chi connectivity index (χ2v) is 8.12. The molecule has 0 amide bonds. The Morgan fingerprint density at radius 2 is 2.13 bits per heavy atom. The molecule has 3 nitrogen and oxygen atoms in total. The zero-order valence-corrected chi connectivity index (χ0v) is 14.5. The maximum Gasteiger partial charge on any atom is 0.165 e. The fourth-order valence-electron chi connectivity index (χ4n) is 2.66. The van der Waals surface area contributed by atoms with Gasteiger partial charge in [-0.05, 0) is 61.6 Å². The second-order valence-electron chi connectivity index (χ2n) is 6.78. The lowest BCUT2D eigenvalue weighted by molar-refractivity contribution is 0.284. The Morgan fingerprint density at radius 1 is 1.35 bits per heavy atom. The summed E-state index contributed by atoms with van der Waals surface area (Å²) < 4.78 is 35.0. The molecule has 2 atom stereocenters. The van der Waals surface area contributed by atoms with Gasteiger partial charge in [-0.3, -0.25) is 0 Å². The van der Waals surface area contributed by atoms with Crippen molar-refractivity contribution in [1.29, 1.82) is 0 Å². The molecule has 5 heteroatoms. The standard InChI is InChI=1S/C18H26FNO2S/c1-2-3-10-23(21)20-18(14-6-7-14)15-8-9-16(19)17(11-15)22-12-13-4-5-13/h8-9,11,13-14,18,20H,2-7,10,12H2,1H3/t18?,23-/m0/s1. The third kappa shape index (κ3) is 5.10. The molecule has 2 aliphatic carbocycles. The van der Waals surface area contributed by atoms with Crippen molar-refractivity contribution in [2.24, 2.45) is 11.8 Å². The zero-order valence-electron chi connectivity index (χ0n) is 13.7. The van der Waals surface area contributed by atoms with Crippen LogP contribution in [0.15, 0.2) is 18.2 Å². The quantitative estimate of drug-likeness (QED) is 0.652. The van der Waals surface area contributed by atoms with Gasteiger partial charge in [-0.2, -0.15) is 0 Å². The highest BCUT2D eigenvalue weighted by atomic mass is 32.2. The summed E-state index contributed by atoms with van der Waals surface area (Å²) in [6.45, 7) is 2.70. The number of benzene rings is 1. The summed E-state index contributed by atoms with van der Waals surface area (Å²) in [5.74, 6) is 1.79. The minimum atomic E-state index is -1.03. The Bertz CT molecular complexity index is 520. The maximum atomic E-state index is 13.9. The molecule has 0 heterocycles. The fraction of sp³-hybridized carbons (Fsp3) is 0.667. The lowest BCUT2D eigenvalue weighted by Crippen LogP contribution is -2.32. The van der Waals surface area contributed by atoms with Gasteiger partial charge in [0.1, 0.15) is 5.75 Å². The summed E-state index contributed by atoms with van der Waals surface area (Å²) in [5.41, 5.74) is 0.990. The van der Waals surface area contributed by atoms with Crippen LogP contribution in [0.2, 0.25) is 0 Å². The van der Waals surface area contributed by atoms with Gasteiger partial charge in [0, 0.05) is 11.4 Å². The molecule has 0 saturated heterocycles. The third-order valence-electron chi connectivity index (χ3n) is 4.52. The molecule has 2 aliphatic rings. The Kier molecular flexibility index (Phi) is 5.83. The number of nitrogens with one attached hydrogen (secondary N) is 1. The van der Waals surface area contributed by atoms with Crippen LogP contribution >= 0.6 is 0 Å². The van der Waals surface area contributed by atoms with E-state index < -0.39 is 11.4 Å². The van der Waals surface area contributed by atoms with E-state index >= 15 is 0 Å². The van der Waals surface area contributed by atoms with Crippen LogP contribution in [0.3, 0.4) is 0 Å². The monoisotopic (exact) mass is 339 g/mol. The molecule has 0 aliphatic heterocycles. The van der Waals surface area contributed by atoms with Crippen molar-refractivity contribution >= 4 is 11.4 Å². The van der Waals surface area contributed by atoms with Crippen LogP contribution in [0.1, 0.15) is 57.1 Å². The molecule has 0 bridgehead atoms. The Morgan fingerprint density at radius 3 is 2.78 bits per heavy atom. The van der Waals surface area contributed by atoms with Crippen molar-refractivity contribution in [1.82, 2.24) is 4.72 Å². The highest BCUT2D eigenvalue weighted by molar-refractivity contribution is 7.89. The molecule has 23 heavy (non-hydrogen) atoms. The van der Waals surface area contributed by atoms with E-state index in [1.165, 1.54) is 18.9 Å². The zero-order chi connectivity index (χ0) is 16.2. The van der Waals surface area contributed by atoms with Crippen molar-refractivity contribution in [2.75, 3.05) is 12.4 Å². The molecule has 0 aromatic heterocycles. The first-order valence-corrected chi connectivity index (χ1v) is 10.1. The van der Waals surface area contributed by atoms with Gasteiger partial charge in [-0.25, -0.2) is 4.39 Å². The highest BCUT2D eigenvalue weighted by Gasteiger charge is 2.35. The first-order chi connectivity index (χ1) is 11.2. The molecular formula is C18H26FNO2S. The smallest absolute Gasteiger partial charge is 0.165 e. The molecule has 0 spiro atoms. The molecule has 1 unspecified atom stereocenters. The van der Waals surface area contributed by atoms with Crippen LogP contribution in [0.5, 0.6) is 5.75 Å². The number of hydrogen-bond acceptors (Lipinski definition) is 3. The Balaban J connectivity index is 1.67. The summed E-state index contributed by atoms with van der Waals surface area (Å²) in [6.07, 6.45) is 6.64. The molecule has 2 saturated carbocycles. The highest BCUT2D eigenvalue weighted by Crippen LogP contribution is 2.42. The van der Waals surface area contributed by atoms with Crippen LogP contribution in [-0.4, -0.2) is 16.9 Å². The predicted molar refractivity (Wildman–Crippen MR) is 91.1 cm³/mol. The Hall–Kier alpha value is -0.780. The van der Waals surface area contributed by atoms with Gasteiger partial charge in [-0.15, -0.1) is 4.72 Å². The van der Waals surface area contributed by atoms with Gasteiger partial charge >= 0.3 is 0 Å². The molecule has 1 N–H and O–H groups in total. The van der Waals surface area contributed by atoms with Gasteiger partial charge in [0.05, 0.1) is 12.6 Å². The predicted octanol–water partition coefficient (Wildman–Crippen LogP) is 4.12. The van der Waals surface area contributed by atoms with Crippen molar-refractivity contribution in [3.05, 3.63) is 29.6 Å². The van der Waals surface area contributed by atoms with Crippen LogP contribution < -0.4 is 9.46 Å². The minimum Gasteiger partial charge on any atom is -0.598 e. The lowest BCUT2D eigenvalue weighted by atomic mass is 10.0. The average Bonchev–Trinajstić information content (AvgIpc) is 3.43. The summed E-state index contributed by atoms with van der Waals surface area (Å²) in [4.78, 5) is 0. The average molecular weight is 339 g/mol. The minimum absolute atomic E-state index is 0.0385. The molecule has 2 fully saturated rings. The molecule has 0 radical (unpaired) electrons. The molecule has 128 valence electrons. The van der Waals surface area contributed by atoms with Crippen molar-refractivity contribution in [3.63, 3.8) is 0 Å². The van der Waals surface area contributed by atoms with E-state index in [4.69, 9.17) is 4.74 Å². The second kappa shape index (κ2) is 7.86. The molecular weight excluding hydrogens is 313 g/mol. The fourth-order valence-corrected chi connectivity index (χ4v) is 3.94. The largest absolute Gasteiger partial charge is 0.598 e. The van der Waals surface area contributed by atoms with Crippen LogP contribution in [0, 0.1) is 17.7 Å². The first kappa shape index (κ1) is 17.1. The van der Waals surface area contributed by atoms with Gasteiger partial charge in [0.25, 0.3) is 0 Å². The van der Waals surface area contributed by atoms with E-state index in [0.717, 1.165) is 31.2 Å². The number of hydrogen-bond donors (Lipinski definition) is 1. The van der Waals surface area contributed by atoms with Gasteiger partial charge in [0.15, 0.2) is 11.6 Å². The normalized spacial score (nSPS) is 20.3. The van der Waals surface area contributed by atoms with E-state index in [9.17, 15) is 8.94 Å². The number of ether oxygens (including phenoxy) is 1. The summed E-state index contributed by atoms with van der Waals surface area (Å²) >= 11 is -1.03. The number of unbranched alkanes of at least 4 members (excludes halogenated alkanes) is 1. The topological polar surface area (TPSA) is 44.3 Å². The summed E-state index contributed by atoms with van der Waals surface area (Å²) in [6, 6.07) is 5.11. The van der Waals surface area contributed by atoms with Crippen molar-refractivity contribution in [2.45, 2.75) is 51.5 Å². The van der Waals surface area contributed by atoms with Crippen molar-refractivity contribution in [3.8, 4) is 5.75 Å². The van der Waals surface area contributed by atoms with Crippen molar-refractivity contribution < 1.29 is 13.7 Å². The number of rotatable bonds is 10. The van der Waals surface area contributed by atoms with E-state index in [0.29, 0.717) is 29.9 Å². The van der Waals surface area contributed by atoms with Gasteiger partial charge in [0.2, 0.25) is 0 Å². The third-order valence-corrected chi connectivity index (χ3v) is 5.70. The van der Waals surface area contributed by atoms with Gasteiger partial charge < -0.3 is 9.29 Å². The van der Waals surface area contributed by atoms with E-state index in [2.05, 4.69) is 11.6 Å². The molecule has 1 aromatic rings. The van der Waals surface area contributed by atoms with Crippen LogP contribution in [0.25, 0.3) is 0 Å². The van der Waals surface area contributed by atoms with Crippen LogP contribution in [0.4, 0.5) is 4.39 Å². The summed E-state index contributed by atoms with van der Waals surface area (Å²) in [7, 11) is 0. The SMILES string of the molecule is CCCC[S@+]([O-])NC(c1ccc(F)c(OCC2CC2)c1)C1CC1. The van der Waals surface area contributed by atoms with E-state index in [1.54, 1.807) is 12.1 Å². The van der Waals surface area contributed by atoms with Gasteiger partial charge in [-0.1, -0.05) is 19.4 Å². The van der Waals surface area contributed by atoms with Crippen LogP contribution in [-0.2, 0) is 11.4 Å². The molecule has 3 rings (SSSR count). The molecule has 1 aromatic carbocycles. The maximum absolute atomic E-state index is 13.9. The first-order valence-electron chi connectivity index (χ1n) is 8.74. The number of halogens is 1. The van der Waals surface area contributed by atoms with E-state index in [1.807, 2.05) is 0 Å². The van der Waals surface area contributed by atoms with E-state index in [-0.39, 0.29) is 11.9 Å². The lowest BCUT2D eigenvalue weighted by Gasteiger charge is -2.21.